The van der Waals surface area contributed by atoms with Crippen LogP contribution in [0.3, 0.4) is 0 Å². The number of urea groups is 1. The third-order valence-electron chi connectivity index (χ3n) is 1.70. The van der Waals surface area contributed by atoms with Crippen molar-refractivity contribution in [2.24, 2.45) is 0 Å². The molecule has 94 valence electrons. The van der Waals surface area contributed by atoms with Gasteiger partial charge in [-0.05, 0) is 13.3 Å². The first-order chi connectivity index (χ1) is 7.22. The number of carboxylic acid groups (broad SMARTS) is 1. The second-order valence-electron chi connectivity index (χ2n) is 3.44. The lowest BCUT2D eigenvalue weighted by Gasteiger charge is -2.10. The Labute approximate surface area is 94.1 Å². The van der Waals surface area contributed by atoms with Crippen LogP contribution >= 0.6 is 0 Å². The smallest absolute Gasteiger partial charge is 0.325 e. The maximum Gasteiger partial charge on any atom is 0.325 e. The van der Waals surface area contributed by atoms with E-state index in [4.69, 9.17) is 5.11 Å². The fourth-order valence-corrected chi connectivity index (χ4v) is 1.51. The molecule has 0 aliphatic carbocycles. The van der Waals surface area contributed by atoms with Gasteiger partial charge in [-0.2, -0.15) is 0 Å². The van der Waals surface area contributed by atoms with E-state index < -0.39 is 27.9 Å². The molecule has 16 heavy (non-hydrogen) atoms. The number of rotatable bonds is 6. The van der Waals surface area contributed by atoms with Gasteiger partial charge in [-0.1, -0.05) is 0 Å². The van der Waals surface area contributed by atoms with Crippen molar-refractivity contribution in [2.45, 2.75) is 19.4 Å². The largest absolute Gasteiger partial charge is 0.480 e. The highest BCUT2D eigenvalue weighted by atomic mass is 32.2. The van der Waals surface area contributed by atoms with Crippen LogP contribution in [0.1, 0.15) is 13.3 Å². The standard InChI is InChI=1S/C8H16N2O5S/c1-6(7(11)12)10-8(13)9-4-3-5-16(2,14)15/h6H,3-5H2,1-2H3,(H,11,12)(H2,9,10,13)/t6-/m1/s1. The Morgan fingerprint density at radius 1 is 1.38 bits per heavy atom. The van der Waals surface area contributed by atoms with Crippen LogP contribution in [0.15, 0.2) is 0 Å². The average Bonchev–Trinajstić information content (AvgIpc) is 2.10. The Morgan fingerprint density at radius 2 is 1.94 bits per heavy atom. The highest BCUT2D eigenvalue weighted by Gasteiger charge is 2.13. The number of sulfone groups is 1. The van der Waals surface area contributed by atoms with E-state index in [1.54, 1.807) is 0 Å². The number of hydrogen-bond donors (Lipinski definition) is 3. The molecule has 2 amide bonds. The predicted molar refractivity (Wildman–Crippen MR) is 58.0 cm³/mol. The zero-order chi connectivity index (χ0) is 12.8. The summed E-state index contributed by atoms with van der Waals surface area (Å²) in [5.74, 6) is -1.15. The van der Waals surface area contributed by atoms with Gasteiger partial charge < -0.3 is 15.7 Å². The quantitative estimate of drug-likeness (QED) is 0.535. The summed E-state index contributed by atoms with van der Waals surface area (Å²) in [6, 6.07) is -1.60. The highest BCUT2D eigenvalue weighted by molar-refractivity contribution is 7.90. The van der Waals surface area contributed by atoms with Gasteiger partial charge in [-0.3, -0.25) is 4.79 Å². The van der Waals surface area contributed by atoms with Gasteiger partial charge in [0.2, 0.25) is 0 Å². The van der Waals surface area contributed by atoms with E-state index in [0.717, 1.165) is 6.26 Å². The first kappa shape index (κ1) is 14.7. The fraction of sp³-hybridized carbons (Fsp3) is 0.750. The molecule has 0 aliphatic heterocycles. The molecule has 0 bridgehead atoms. The van der Waals surface area contributed by atoms with Gasteiger partial charge in [0.1, 0.15) is 15.9 Å². The lowest BCUT2D eigenvalue weighted by Crippen LogP contribution is -2.44. The van der Waals surface area contributed by atoms with Gasteiger partial charge in [-0.15, -0.1) is 0 Å². The molecule has 3 N–H and O–H groups in total. The third kappa shape index (κ3) is 8.04. The van der Waals surface area contributed by atoms with Crippen molar-refractivity contribution < 1.29 is 23.1 Å². The number of carboxylic acids is 1. The molecule has 0 spiro atoms. The molecule has 0 aromatic rings. The summed E-state index contributed by atoms with van der Waals surface area (Å²) >= 11 is 0. The van der Waals surface area contributed by atoms with Crippen LogP contribution in [-0.4, -0.2) is 50.1 Å². The van der Waals surface area contributed by atoms with Gasteiger partial charge in [0, 0.05) is 12.8 Å². The summed E-state index contributed by atoms with van der Waals surface area (Å²) in [7, 11) is -3.02. The van der Waals surface area contributed by atoms with E-state index in [0.29, 0.717) is 6.42 Å². The highest BCUT2D eigenvalue weighted by Crippen LogP contribution is 1.87. The number of nitrogens with one attached hydrogen (secondary N) is 2. The van der Waals surface area contributed by atoms with Crippen molar-refractivity contribution in [3.05, 3.63) is 0 Å². The van der Waals surface area contributed by atoms with E-state index in [1.807, 2.05) is 0 Å². The van der Waals surface area contributed by atoms with Crippen LogP contribution in [0.2, 0.25) is 0 Å². The maximum absolute atomic E-state index is 11.0. The first-order valence-corrected chi connectivity index (χ1v) is 6.73. The molecule has 0 heterocycles. The molecule has 0 rings (SSSR count). The molecule has 8 heteroatoms. The lowest BCUT2D eigenvalue weighted by molar-refractivity contribution is -0.138. The normalized spacial score (nSPS) is 12.9. The zero-order valence-corrected chi connectivity index (χ0v) is 10.0. The lowest BCUT2D eigenvalue weighted by atomic mass is 10.3. The molecule has 7 nitrogen and oxygen atoms in total. The summed E-state index contributed by atoms with van der Waals surface area (Å²) in [5.41, 5.74) is 0. The minimum atomic E-state index is -3.02. The van der Waals surface area contributed by atoms with Gasteiger partial charge in [0.15, 0.2) is 0 Å². The molecule has 0 saturated heterocycles. The predicted octanol–water partition coefficient (Wildman–Crippen LogP) is -0.807. The third-order valence-corrected chi connectivity index (χ3v) is 2.73. The van der Waals surface area contributed by atoms with E-state index in [9.17, 15) is 18.0 Å². The molecule has 0 saturated carbocycles. The topological polar surface area (TPSA) is 113 Å². The number of aliphatic carboxylic acids is 1. The Hall–Kier alpha value is -1.31. The van der Waals surface area contributed by atoms with Crippen molar-refractivity contribution in [3.8, 4) is 0 Å². The van der Waals surface area contributed by atoms with E-state index in [2.05, 4.69) is 10.6 Å². The Balaban J connectivity index is 3.71. The van der Waals surface area contributed by atoms with Crippen LogP contribution in [0.4, 0.5) is 4.79 Å². The van der Waals surface area contributed by atoms with Crippen LogP contribution in [0, 0.1) is 0 Å². The minimum Gasteiger partial charge on any atom is -0.480 e. The number of amides is 2. The first-order valence-electron chi connectivity index (χ1n) is 4.67. The van der Waals surface area contributed by atoms with Crippen molar-refractivity contribution in [1.82, 2.24) is 10.6 Å². The molecule has 0 aliphatic rings. The number of carbonyl (C=O) groups excluding carboxylic acids is 1. The summed E-state index contributed by atoms with van der Waals surface area (Å²) < 4.78 is 21.5. The van der Waals surface area contributed by atoms with Gasteiger partial charge in [0.25, 0.3) is 0 Å². The molecular formula is C8H16N2O5S. The molecule has 0 aromatic carbocycles. The molecule has 0 radical (unpaired) electrons. The van der Waals surface area contributed by atoms with Crippen LogP contribution in [-0.2, 0) is 14.6 Å². The minimum absolute atomic E-state index is 0.0121. The number of carbonyl (C=O) groups is 2. The Bertz CT molecular complexity index is 351. The summed E-state index contributed by atoms with van der Waals surface area (Å²) in [4.78, 5) is 21.4. The summed E-state index contributed by atoms with van der Waals surface area (Å²) in [6.45, 7) is 1.52. The van der Waals surface area contributed by atoms with Gasteiger partial charge in [0.05, 0.1) is 5.75 Å². The second kappa shape index (κ2) is 6.31. The van der Waals surface area contributed by atoms with Gasteiger partial charge in [-0.25, -0.2) is 13.2 Å². The van der Waals surface area contributed by atoms with Crippen molar-refractivity contribution in [2.75, 3.05) is 18.6 Å². The molecule has 1 atom stereocenters. The Kier molecular flexibility index (Phi) is 5.79. The summed E-state index contributed by atoms with van der Waals surface area (Å²) in [5, 5.41) is 13.0. The van der Waals surface area contributed by atoms with E-state index >= 15 is 0 Å². The monoisotopic (exact) mass is 252 g/mol. The molecule has 0 fully saturated rings. The molecule has 0 unspecified atom stereocenters. The molecular weight excluding hydrogens is 236 g/mol. The van der Waals surface area contributed by atoms with Crippen molar-refractivity contribution in [1.29, 1.82) is 0 Å². The number of hydrogen-bond acceptors (Lipinski definition) is 4. The van der Waals surface area contributed by atoms with E-state index in [-0.39, 0.29) is 12.3 Å². The van der Waals surface area contributed by atoms with Crippen molar-refractivity contribution in [3.63, 3.8) is 0 Å². The molecule has 0 aromatic heterocycles. The Morgan fingerprint density at radius 3 is 2.38 bits per heavy atom. The van der Waals surface area contributed by atoms with Crippen LogP contribution in [0.5, 0.6) is 0 Å². The van der Waals surface area contributed by atoms with Gasteiger partial charge >= 0.3 is 12.0 Å². The zero-order valence-electron chi connectivity index (χ0n) is 9.19. The average molecular weight is 252 g/mol. The van der Waals surface area contributed by atoms with Crippen LogP contribution in [0.25, 0.3) is 0 Å². The second-order valence-corrected chi connectivity index (χ2v) is 5.70. The maximum atomic E-state index is 11.0. The fourth-order valence-electron chi connectivity index (χ4n) is 0.846. The van der Waals surface area contributed by atoms with Crippen molar-refractivity contribution >= 4 is 21.8 Å². The van der Waals surface area contributed by atoms with Crippen LogP contribution < -0.4 is 10.6 Å². The summed E-state index contributed by atoms with van der Waals surface area (Å²) in [6.07, 6.45) is 1.41. The SMILES string of the molecule is C[C@@H](NC(=O)NCCCS(C)(=O)=O)C(=O)O. The van der Waals surface area contributed by atoms with E-state index in [1.165, 1.54) is 6.92 Å².